The van der Waals surface area contributed by atoms with Gasteiger partial charge in [-0.05, 0) is 24.6 Å². The van der Waals surface area contributed by atoms with Gasteiger partial charge in [-0.15, -0.1) is 0 Å². The molecule has 4 heteroatoms. The van der Waals surface area contributed by atoms with Crippen LogP contribution in [0.4, 0.5) is 10.5 Å². The second kappa shape index (κ2) is 6.91. The minimum atomic E-state index is -0.416. The van der Waals surface area contributed by atoms with Gasteiger partial charge in [0.2, 0.25) is 0 Å². The number of benzene rings is 1. The van der Waals surface area contributed by atoms with Gasteiger partial charge >= 0.3 is 6.09 Å². The molecule has 0 aliphatic rings. The third-order valence-electron chi connectivity index (χ3n) is 2.15. The molecule has 0 aliphatic heterocycles. The highest BCUT2D eigenvalue weighted by molar-refractivity contribution is 5.84. The Labute approximate surface area is 102 Å². The van der Waals surface area contributed by atoms with Crippen LogP contribution in [0.2, 0.25) is 0 Å². The molecule has 0 radical (unpaired) electrons. The number of aryl methyl sites for hydroxylation is 1. The molecule has 0 atom stereocenters. The molecule has 0 spiro atoms. The molecule has 1 rings (SSSR count). The molecule has 1 aromatic rings. The Kier molecular flexibility index (Phi) is 5.49. The van der Waals surface area contributed by atoms with Gasteiger partial charge in [0, 0.05) is 18.3 Å². The number of carbonyl (C=O) groups excluding carboxylic acids is 1. The van der Waals surface area contributed by atoms with E-state index in [-0.39, 0.29) is 0 Å². The summed E-state index contributed by atoms with van der Waals surface area (Å²) in [7, 11) is 0. The maximum absolute atomic E-state index is 11.4. The van der Waals surface area contributed by atoms with Crippen molar-refractivity contribution >= 4 is 11.8 Å². The summed E-state index contributed by atoms with van der Waals surface area (Å²) in [6.45, 7) is 7.11. The van der Waals surface area contributed by atoms with Gasteiger partial charge in [0.25, 0.3) is 0 Å². The summed E-state index contributed by atoms with van der Waals surface area (Å²) < 4.78 is 5.02. The number of hydrogen-bond donors (Lipinski definition) is 2. The third-order valence-corrected chi connectivity index (χ3v) is 2.15. The standard InChI is InChI=1S/C13H20N2O2/c1-10(2)14-7-8-17-13(16)15-12-6-4-5-11(3)9-12/h4-6,9-10,14H,7-8H2,1-3H3,(H,15,16). The molecule has 2 N–H and O–H groups in total. The second-order valence-corrected chi connectivity index (χ2v) is 4.24. The second-order valence-electron chi connectivity index (χ2n) is 4.24. The lowest BCUT2D eigenvalue weighted by Gasteiger charge is -2.09. The van der Waals surface area contributed by atoms with E-state index in [2.05, 4.69) is 10.6 Å². The van der Waals surface area contributed by atoms with E-state index in [1.54, 1.807) is 0 Å². The van der Waals surface area contributed by atoms with Crippen molar-refractivity contribution in [3.05, 3.63) is 29.8 Å². The Balaban J connectivity index is 2.25. The fourth-order valence-corrected chi connectivity index (χ4v) is 1.37. The fourth-order valence-electron chi connectivity index (χ4n) is 1.37. The average Bonchev–Trinajstić information content (AvgIpc) is 2.24. The monoisotopic (exact) mass is 236 g/mol. The lowest BCUT2D eigenvalue weighted by molar-refractivity contribution is 0.161. The van der Waals surface area contributed by atoms with Gasteiger partial charge in [-0.3, -0.25) is 5.32 Å². The number of anilines is 1. The van der Waals surface area contributed by atoms with Crippen molar-refractivity contribution in [2.24, 2.45) is 0 Å². The summed E-state index contributed by atoms with van der Waals surface area (Å²) in [5, 5.41) is 5.85. The molecular weight excluding hydrogens is 216 g/mol. The van der Waals surface area contributed by atoms with E-state index in [1.807, 2.05) is 45.0 Å². The molecule has 1 amide bonds. The SMILES string of the molecule is Cc1cccc(NC(=O)OCCNC(C)C)c1. The fraction of sp³-hybridized carbons (Fsp3) is 0.462. The van der Waals surface area contributed by atoms with Crippen LogP contribution >= 0.6 is 0 Å². The zero-order valence-electron chi connectivity index (χ0n) is 10.6. The molecule has 0 saturated heterocycles. The minimum absolute atomic E-state index is 0.371. The van der Waals surface area contributed by atoms with Crippen molar-refractivity contribution in [1.29, 1.82) is 0 Å². The highest BCUT2D eigenvalue weighted by atomic mass is 16.5. The molecule has 0 fully saturated rings. The summed E-state index contributed by atoms with van der Waals surface area (Å²) in [6, 6.07) is 8.00. The zero-order chi connectivity index (χ0) is 12.7. The molecule has 4 nitrogen and oxygen atoms in total. The maximum atomic E-state index is 11.4. The number of rotatable bonds is 5. The van der Waals surface area contributed by atoms with E-state index in [1.165, 1.54) is 0 Å². The highest BCUT2D eigenvalue weighted by Crippen LogP contribution is 2.09. The third kappa shape index (κ3) is 5.92. The Hall–Kier alpha value is -1.55. The predicted molar refractivity (Wildman–Crippen MR) is 69.3 cm³/mol. The van der Waals surface area contributed by atoms with Crippen LogP contribution in [0.15, 0.2) is 24.3 Å². The quantitative estimate of drug-likeness (QED) is 0.772. The summed E-state index contributed by atoms with van der Waals surface area (Å²) in [5.74, 6) is 0. The van der Waals surface area contributed by atoms with Crippen molar-refractivity contribution < 1.29 is 9.53 Å². The van der Waals surface area contributed by atoms with E-state index in [0.717, 1.165) is 11.3 Å². The molecule has 94 valence electrons. The van der Waals surface area contributed by atoms with Crippen LogP contribution < -0.4 is 10.6 Å². The van der Waals surface area contributed by atoms with E-state index in [0.29, 0.717) is 19.2 Å². The number of carbonyl (C=O) groups is 1. The van der Waals surface area contributed by atoms with E-state index in [4.69, 9.17) is 4.74 Å². The Morgan fingerprint density at radius 1 is 1.41 bits per heavy atom. The predicted octanol–water partition coefficient (Wildman–Crippen LogP) is 2.54. The van der Waals surface area contributed by atoms with Gasteiger partial charge in [-0.25, -0.2) is 4.79 Å². The van der Waals surface area contributed by atoms with Gasteiger partial charge < -0.3 is 10.1 Å². The van der Waals surface area contributed by atoms with Crippen LogP contribution in [0.3, 0.4) is 0 Å². The minimum Gasteiger partial charge on any atom is -0.448 e. The van der Waals surface area contributed by atoms with Gasteiger partial charge in [0.15, 0.2) is 0 Å². The number of ether oxygens (including phenoxy) is 1. The van der Waals surface area contributed by atoms with Crippen molar-refractivity contribution in [3.8, 4) is 0 Å². The highest BCUT2D eigenvalue weighted by Gasteiger charge is 2.02. The summed E-state index contributed by atoms with van der Waals surface area (Å²) in [6.07, 6.45) is -0.416. The lowest BCUT2D eigenvalue weighted by atomic mass is 10.2. The first-order chi connectivity index (χ1) is 8.08. The van der Waals surface area contributed by atoms with Crippen LogP contribution in [0.5, 0.6) is 0 Å². The first-order valence-corrected chi connectivity index (χ1v) is 5.82. The maximum Gasteiger partial charge on any atom is 0.411 e. The Morgan fingerprint density at radius 3 is 2.82 bits per heavy atom. The van der Waals surface area contributed by atoms with Gasteiger partial charge in [0.1, 0.15) is 6.61 Å². The largest absolute Gasteiger partial charge is 0.448 e. The Morgan fingerprint density at radius 2 is 2.18 bits per heavy atom. The van der Waals surface area contributed by atoms with Gasteiger partial charge in [-0.2, -0.15) is 0 Å². The van der Waals surface area contributed by atoms with Crippen LogP contribution in [-0.4, -0.2) is 25.3 Å². The van der Waals surface area contributed by atoms with Crippen LogP contribution in [0.1, 0.15) is 19.4 Å². The first-order valence-electron chi connectivity index (χ1n) is 5.82. The molecule has 0 unspecified atom stereocenters. The van der Waals surface area contributed by atoms with Crippen LogP contribution in [0, 0.1) is 6.92 Å². The lowest BCUT2D eigenvalue weighted by Crippen LogP contribution is -2.28. The van der Waals surface area contributed by atoms with Gasteiger partial charge in [-0.1, -0.05) is 26.0 Å². The zero-order valence-corrected chi connectivity index (χ0v) is 10.6. The number of amides is 1. The Bertz CT molecular complexity index is 364. The first kappa shape index (κ1) is 13.5. The molecule has 0 bridgehead atoms. The smallest absolute Gasteiger partial charge is 0.411 e. The summed E-state index contributed by atoms with van der Waals surface area (Å²) >= 11 is 0. The number of hydrogen-bond acceptors (Lipinski definition) is 3. The molecule has 0 saturated carbocycles. The van der Waals surface area contributed by atoms with E-state index in [9.17, 15) is 4.79 Å². The summed E-state index contributed by atoms with van der Waals surface area (Å²) in [4.78, 5) is 11.4. The molecule has 0 aliphatic carbocycles. The van der Waals surface area contributed by atoms with Crippen molar-refractivity contribution in [2.75, 3.05) is 18.5 Å². The average molecular weight is 236 g/mol. The summed E-state index contributed by atoms with van der Waals surface area (Å²) in [5.41, 5.74) is 1.86. The van der Waals surface area contributed by atoms with Crippen molar-refractivity contribution in [1.82, 2.24) is 5.32 Å². The van der Waals surface area contributed by atoms with Crippen molar-refractivity contribution in [3.63, 3.8) is 0 Å². The molecule has 0 heterocycles. The van der Waals surface area contributed by atoms with Gasteiger partial charge in [0.05, 0.1) is 0 Å². The molecule has 1 aromatic carbocycles. The molecular formula is C13H20N2O2. The van der Waals surface area contributed by atoms with E-state index < -0.39 is 6.09 Å². The van der Waals surface area contributed by atoms with Crippen LogP contribution in [-0.2, 0) is 4.74 Å². The van der Waals surface area contributed by atoms with Crippen molar-refractivity contribution in [2.45, 2.75) is 26.8 Å². The molecule has 0 aromatic heterocycles. The molecule has 17 heavy (non-hydrogen) atoms. The number of nitrogens with one attached hydrogen (secondary N) is 2. The topological polar surface area (TPSA) is 50.4 Å². The normalized spacial score (nSPS) is 10.4. The van der Waals surface area contributed by atoms with Crippen LogP contribution in [0.25, 0.3) is 0 Å². The van der Waals surface area contributed by atoms with E-state index >= 15 is 0 Å².